The van der Waals surface area contributed by atoms with Crippen LogP contribution in [0.4, 0.5) is 5.13 Å². The molecule has 0 unspecified atom stereocenters. The zero-order valence-electron chi connectivity index (χ0n) is 9.76. The van der Waals surface area contributed by atoms with Crippen molar-refractivity contribution in [3.8, 4) is 0 Å². The SMILES string of the molecule is CNc1nc(C)c(C(=O)NC(C)(C)C)s1. The van der Waals surface area contributed by atoms with Gasteiger partial charge in [0, 0.05) is 12.6 Å². The van der Waals surface area contributed by atoms with Crippen LogP contribution in [0.25, 0.3) is 0 Å². The summed E-state index contributed by atoms with van der Waals surface area (Å²) in [7, 11) is 1.80. The molecule has 0 spiro atoms. The molecular weight excluding hydrogens is 210 g/mol. The number of amides is 1. The molecule has 0 aliphatic heterocycles. The lowest BCUT2D eigenvalue weighted by Gasteiger charge is -2.19. The van der Waals surface area contributed by atoms with Gasteiger partial charge in [-0.05, 0) is 27.7 Å². The molecule has 1 aromatic heterocycles. The van der Waals surface area contributed by atoms with E-state index in [9.17, 15) is 4.79 Å². The Morgan fingerprint density at radius 3 is 2.40 bits per heavy atom. The van der Waals surface area contributed by atoms with Gasteiger partial charge in [-0.3, -0.25) is 4.79 Å². The molecule has 0 radical (unpaired) electrons. The number of hydrogen-bond donors (Lipinski definition) is 2. The highest BCUT2D eigenvalue weighted by molar-refractivity contribution is 7.17. The molecule has 1 rings (SSSR count). The van der Waals surface area contributed by atoms with Crippen LogP contribution in [0.3, 0.4) is 0 Å². The van der Waals surface area contributed by atoms with Gasteiger partial charge in [0.1, 0.15) is 4.88 Å². The Labute approximate surface area is 94.1 Å². The number of anilines is 1. The molecular formula is C10H17N3OS. The summed E-state index contributed by atoms with van der Waals surface area (Å²) in [4.78, 5) is 16.7. The van der Waals surface area contributed by atoms with E-state index in [1.807, 2.05) is 27.7 Å². The minimum atomic E-state index is -0.215. The van der Waals surface area contributed by atoms with Crippen molar-refractivity contribution in [3.63, 3.8) is 0 Å². The standard InChI is InChI=1S/C10H17N3OS/c1-6-7(15-9(11-5)12-6)8(14)13-10(2,3)4/h1-5H3,(H,11,12)(H,13,14). The number of carbonyl (C=O) groups is 1. The van der Waals surface area contributed by atoms with Gasteiger partial charge in [0.05, 0.1) is 5.69 Å². The van der Waals surface area contributed by atoms with Crippen LogP contribution in [-0.2, 0) is 0 Å². The van der Waals surface area contributed by atoms with Gasteiger partial charge in [-0.2, -0.15) is 0 Å². The molecule has 0 saturated carbocycles. The minimum Gasteiger partial charge on any atom is -0.365 e. The van der Waals surface area contributed by atoms with Crippen molar-refractivity contribution < 1.29 is 4.79 Å². The molecule has 1 aromatic rings. The van der Waals surface area contributed by atoms with Gasteiger partial charge in [0.2, 0.25) is 0 Å². The molecule has 1 heterocycles. The van der Waals surface area contributed by atoms with Crippen LogP contribution in [0.1, 0.15) is 36.1 Å². The molecule has 0 aliphatic rings. The van der Waals surface area contributed by atoms with Crippen LogP contribution in [0, 0.1) is 6.92 Å². The Kier molecular flexibility index (Phi) is 3.34. The van der Waals surface area contributed by atoms with E-state index in [-0.39, 0.29) is 11.4 Å². The topological polar surface area (TPSA) is 54.0 Å². The minimum absolute atomic E-state index is 0.0565. The summed E-state index contributed by atoms with van der Waals surface area (Å²) in [5, 5.41) is 6.62. The van der Waals surface area contributed by atoms with E-state index < -0.39 is 0 Å². The first-order chi connectivity index (χ1) is 6.83. The summed E-state index contributed by atoms with van der Waals surface area (Å²) < 4.78 is 0. The van der Waals surface area contributed by atoms with E-state index in [0.717, 1.165) is 10.8 Å². The number of rotatable bonds is 2. The number of aryl methyl sites for hydroxylation is 1. The van der Waals surface area contributed by atoms with Gasteiger partial charge in [-0.15, -0.1) is 0 Å². The monoisotopic (exact) mass is 227 g/mol. The molecule has 4 nitrogen and oxygen atoms in total. The van der Waals surface area contributed by atoms with E-state index in [1.165, 1.54) is 11.3 Å². The summed E-state index contributed by atoms with van der Waals surface area (Å²) in [6.07, 6.45) is 0. The largest absolute Gasteiger partial charge is 0.365 e. The smallest absolute Gasteiger partial charge is 0.263 e. The Morgan fingerprint density at radius 2 is 2.00 bits per heavy atom. The number of thiazole rings is 1. The third-order valence-corrected chi connectivity index (χ3v) is 2.88. The van der Waals surface area contributed by atoms with Crippen LogP contribution in [0.5, 0.6) is 0 Å². The Hall–Kier alpha value is -1.10. The number of aromatic nitrogens is 1. The van der Waals surface area contributed by atoms with Crippen molar-refractivity contribution >= 4 is 22.4 Å². The molecule has 0 aromatic carbocycles. The Morgan fingerprint density at radius 1 is 1.40 bits per heavy atom. The van der Waals surface area contributed by atoms with Gasteiger partial charge < -0.3 is 10.6 Å². The van der Waals surface area contributed by atoms with Gasteiger partial charge in [-0.1, -0.05) is 11.3 Å². The molecule has 0 atom stereocenters. The van der Waals surface area contributed by atoms with Gasteiger partial charge in [-0.25, -0.2) is 4.98 Å². The lowest BCUT2D eigenvalue weighted by atomic mass is 10.1. The zero-order chi connectivity index (χ0) is 11.6. The zero-order valence-corrected chi connectivity index (χ0v) is 10.6. The molecule has 0 aliphatic carbocycles. The van der Waals surface area contributed by atoms with Crippen molar-refractivity contribution in [1.29, 1.82) is 0 Å². The Balaban J connectivity index is 2.87. The lowest BCUT2D eigenvalue weighted by Crippen LogP contribution is -2.40. The second kappa shape index (κ2) is 4.18. The van der Waals surface area contributed by atoms with E-state index >= 15 is 0 Å². The van der Waals surface area contributed by atoms with Gasteiger partial charge in [0.15, 0.2) is 5.13 Å². The van der Waals surface area contributed by atoms with Crippen molar-refractivity contribution in [2.45, 2.75) is 33.2 Å². The average Bonchev–Trinajstić information content (AvgIpc) is 2.43. The van der Waals surface area contributed by atoms with Crippen molar-refractivity contribution in [2.24, 2.45) is 0 Å². The van der Waals surface area contributed by atoms with Crippen LogP contribution in [0.15, 0.2) is 0 Å². The van der Waals surface area contributed by atoms with E-state index in [2.05, 4.69) is 15.6 Å². The fraction of sp³-hybridized carbons (Fsp3) is 0.600. The van der Waals surface area contributed by atoms with Crippen LogP contribution >= 0.6 is 11.3 Å². The second-order valence-electron chi connectivity index (χ2n) is 4.39. The maximum atomic E-state index is 11.8. The fourth-order valence-corrected chi connectivity index (χ4v) is 1.93. The summed E-state index contributed by atoms with van der Waals surface area (Å²) >= 11 is 1.37. The highest BCUT2D eigenvalue weighted by Gasteiger charge is 2.19. The molecule has 84 valence electrons. The van der Waals surface area contributed by atoms with Gasteiger partial charge in [0.25, 0.3) is 5.91 Å². The summed E-state index contributed by atoms with van der Waals surface area (Å²) in [5.41, 5.74) is 0.555. The third-order valence-electron chi connectivity index (χ3n) is 1.71. The molecule has 0 saturated heterocycles. The third kappa shape index (κ3) is 3.20. The molecule has 0 bridgehead atoms. The first kappa shape index (κ1) is 12.0. The van der Waals surface area contributed by atoms with Crippen molar-refractivity contribution in [3.05, 3.63) is 10.6 Å². The predicted octanol–water partition coefficient (Wildman–Crippen LogP) is 2.02. The normalized spacial score (nSPS) is 11.3. The average molecular weight is 227 g/mol. The number of carbonyl (C=O) groups excluding carboxylic acids is 1. The summed E-state index contributed by atoms with van der Waals surface area (Å²) in [5.74, 6) is -0.0565. The second-order valence-corrected chi connectivity index (χ2v) is 5.39. The van der Waals surface area contributed by atoms with E-state index in [0.29, 0.717) is 4.88 Å². The number of hydrogen-bond acceptors (Lipinski definition) is 4. The number of nitrogens with one attached hydrogen (secondary N) is 2. The Bertz CT molecular complexity index is 365. The summed E-state index contributed by atoms with van der Waals surface area (Å²) in [6.45, 7) is 7.72. The maximum absolute atomic E-state index is 11.8. The first-order valence-corrected chi connectivity index (χ1v) is 5.63. The van der Waals surface area contributed by atoms with E-state index in [1.54, 1.807) is 7.05 Å². The van der Waals surface area contributed by atoms with Crippen molar-refractivity contribution in [1.82, 2.24) is 10.3 Å². The fourth-order valence-electron chi connectivity index (χ4n) is 1.11. The van der Waals surface area contributed by atoms with Crippen molar-refractivity contribution in [2.75, 3.05) is 12.4 Å². The van der Waals surface area contributed by atoms with Gasteiger partial charge >= 0.3 is 0 Å². The highest BCUT2D eigenvalue weighted by Crippen LogP contribution is 2.22. The van der Waals surface area contributed by atoms with Crippen LogP contribution in [0.2, 0.25) is 0 Å². The molecule has 15 heavy (non-hydrogen) atoms. The quantitative estimate of drug-likeness (QED) is 0.812. The predicted molar refractivity (Wildman–Crippen MR) is 63.6 cm³/mol. The van der Waals surface area contributed by atoms with E-state index in [4.69, 9.17) is 0 Å². The molecule has 2 N–H and O–H groups in total. The molecule has 5 heteroatoms. The molecule has 0 fully saturated rings. The first-order valence-electron chi connectivity index (χ1n) is 4.81. The number of nitrogens with zero attached hydrogens (tertiary/aromatic N) is 1. The lowest BCUT2D eigenvalue weighted by molar-refractivity contribution is 0.0923. The van der Waals surface area contributed by atoms with Crippen LogP contribution < -0.4 is 10.6 Å². The highest BCUT2D eigenvalue weighted by atomic mass is 32.1. The maximum Gasteiger partial charge on any atom is 0.263 e. The van der Waals surface area contributed by atoms with Crippen LogP contribution in [-0.4, -0.2) is 23.5 Å². The summed E-state index contributed by atoms with van der Waals surface area (Å²) in [6, 6.07) is 0. The molecule has 1 amide bonds.